The molecule has 1 fully saturated rings. The number of benzene rings is 1. The predicted octanol–water partition coefficient (Wildman–Crippen LogP) is 2.97. The summed E-state index contributed by atoms with van der Waals surface area (Å²) in [5.74, 6) is 0.937. The molecule has 21 heavy (non-hydrogen) atoms. The molecule has 0 saturated heterocycles. The molecular formula is C16H23F2NO2. The zero-order valence-corrected chi connectivity index (χ0v) is 12.3. The highest BCUT2D eigenvalue weighted by molar-refractivity contribution is 5.27. The highest BCUT2D eigenvalue weighted by Crippen LogP contribution is 2.28. The van der Waals surface area contributed by atoms with Crippen LogP contribution in [0.3, 0.4) is 0 Å². The number of alkyl halides is 2. The van der Waals surface area contributed by atoms with Crippen molar-refractivity contribution in [1.29, 1.82) is 0 Å². The van der Waals surface area contributed by atoms with Gasteiger partial charge in [0.25, 0.3) is 0 Å². The molecule has 0 amide bonds. The molecule has 3 nitrogen and oxygen atoms in total. The van der Waals surface area contributed by atoms with Crippen molar-refractivity contribution in [1.82, 2.24) is 5.32 Å². The summed E-state index contributed by atoms with van der Waals surface area (Å²) in [7, 11) is 0. The largest absolute Gasteiger partial charge is 0.435 e. The van der Waals surface area contributed by atoms with Crippen LogP contribution >= 0.6 is 0 Å². The van der Waals surface area contributed by atoms with Crippen molar-refractivity contribution in [2.45, 2.75) is 44.8 Å². The first kappa shape index (κ1) is 16.2. The standard InChI is InChI=1S/C16H23F2NO2/c1-16(11-20,19-10-13-2-3-13)9-8-12-4-6-14(7-5-12)21-15(17)18/h4-7,13,15,19-20H,2-3,8-11H2,1H3. The van der Waals surface area contributed by atoms with E-state index < -0.39 is 6.61 Å². The summed E-state index contributed by atoms with van der Waals surface area (Å²) >= 11 is 0. The third-order valence-electron chi connectivity index (χ3n) is 3.98. The van der Waals surface area contributed by atoms with Crippen LogP contribution in [0.4, 0.5) is 8.78 Å². The number of halogens is 2. The maximum atomic E-state index is 12.1. The predicted molar refractivity (Wildman–Crippen MR) is 77.6 cm³/mol. The van der Waals surface area contributed by atoms with E-state index in [1.165, 1.54) is 12.8 Å². The molecule has 0 aromatic heterocycles. The smallest absolute Gasteiger partial charge is 0.387 e. The highest BCUT2D eigenvalue weighted by Gasteiger charge is 2.27. The van der Waals surface area contributed by atoms with Crippen LogP contribution in [0.1, 0.15) is 31.7 Å². The van der Waals surface area contributed by atoms with E-state index in [0.717, 1.165) is 30.9 Å². The fraction of sp³-hybridized carbons (Fsp3) is 0.625. The number of aryl methyl sites for hydroxylation is 1. The lowest BCUT2D eigenvalue weighted by atomic mass is 9.93. The van der Waals surface area contributed by atoms with Gasteiger partial charge in [-0.2, -0.15) is 8.78 Å². The Morgan fingerprint density at radius 2 is 2.00 bits per heavy atom. The van der Waals surface area contributed by atoms with Gasteiger partial charge < -0.3 is 15.2 Å². The van der Waals surface area contributed by atoms with E-state index in [1.54, 1.807) is 24.3 Å². The molecule has 1 aromatic rings. The first-order chi connectivity index (χ1) is 10.0. The lowest BCUT2D eigenvalue weighted by Gasteiger charge is -2.29. The molecule has 118 valence electrons. The summed E-state index contributed by atoms with van der Waals surface area (Å²) in [4.78, 5) is 0. The lowest BCUT2D eigenvalue weighted by molar-refractivity contribution is -0.0498. The van der Waals surface area contributed by atoms with Crippen LogP contribution < -0.4 is 10.1 Å². The van der Waals surface area contributed by atoms with Gasteiger partial charge in [0.2, 0.25) is 0 Å². The molecule has 0 bridgehead atoms. The monoisotopic (exact) mass is 299 g/mol. The van der Waals surface area contributed by atoms with Crippen LogP contribution in [0.5, 0.6) is 5.75 Å². The number of ether oxygens (including phenoxy) is 1. The molecule has 1 aliphatic rings. The first-order valence-electron chi connectivity index (χ1n) is 7.40. The molecule has 1 aliphatic carbocycles. The maximum absolute atomic E-state index is 12.1. The Morgan fingerprint density at radius 1 is 1.33 bits per heavy atom. The second kappa shape index (κ2) is 7.18. The number of aliphatic hydroxyl groups excluding tert-OH is 1. The van der Waals surface area contributed by atoms with Crippen molar-refractivity contribution in [3.8, 4) is 5.75 Å². The normalized spacial score (nSPS) is 17.8. The molecule has 2 rings (SSSR count). The Kier molecular flexibility index (Phi) is 5.53. The Balaban J connectivity index is 1.82. The Morgan fingerprint density at radius 3 is 2.52 bits per heavy atom. The maximum Gasteiger partial charge on any atom is 0.387 e. The van der Waals surface area contributed by atoms with Crippen LogP contribution in [0.2, 0.25) is 0 Å². The average molecular weight is 299 g/mol. The van der Waals surface area contributed by atoms with E-state index in [2.05, 4.69) is 10.1 Å². The van der Waals surface area contributed by atoms with E-state index in [-0.39, 0.29) is 17.9 Å². The van der Waals surface area contributed by atoms with Crippen molar-refractivity contribution < 1.29 is 18.6 Å². The first-order valence-corrected chi connectivity index (χ1v) is 7.40. The fourth-order valence-electron chi connectivity index (χ4n) is 2.19. The Hall–Kier alpha value is -1.20. The van der Waals surface area contributed by atoms with Gasteiger partial charge in [-0.3, -0.25) is 0 Å². The van der Waals surface area contributed by atoms with Crippen LogP contribution in [0, 0.1) is 5.92 Å². The number of aliphatic hydroxyl groups is 1. The molecule has 5 heteroatoms. The molecule has 0 spiro atoms. The van der Waals surface area contributed by atoms with Crippen LogP contribution in [-0.2, 0) is 6.42 Å². The van der Waals surface area contributed by atoms with Crippen LogP contribution in [0.25, 0.3) is 0 Å². The van der Waals surface area contributed by atoms with Crippen molar-refractivity contribution in [3.05, 3.63) is 29.8 Å². The van der Waals surface area contributed by atoms with Gasteiger partial charge in [0.15, 0.2) is 0 Å². The van der Waals surface area contributed by atoms with Gasteiger partial charge in [0.05, 0.1) is 6.61 Å². The number of hydrogen-bond acceptors (Lipinski definition) is 3. The van der Waals surface area contributed by atoms with Gasteiger partial charge in [-0.05, 0) is 62.8 Å². The molecule has 1 unspecified atom stereocenters. The molecule has 1 aromatic carbocycles. The van der Waals surface area contributed by atoms with Crippen molar-refractivity contribution in [3.63, 3.8) is 0 Å². The minimum absolute atomic E-state index is 0.0896. The zero-order chi connectivity index (χ0) is 15.3. The second-order valence-electron chi connectivity index (χ2n) is 6.07. The van der Waals surface area contributed by atoms with Gasteiger partial charge in [-0.25, -0.2) is 0 Å². The molecule has 0 aliphatic heterocycles. The third-order valence-corrected chi connectivity index (χ3v) is 3.98. The molecule has 2 N–H and O–H groups in total. The van der Waals surface area contributed by atoms with Crippen molar-refractivity contribution >= 4 is 0 Å². The number of nitrogens with one attached hydrogen (secondary N) is 1. The molecule has 1 saturated carbocycles. The van der Waals surface area contributed by atoms with Crippen molar-refractivity contribution in [2.75, 3.05) is 13.2 Å². The number of rotatable bonds is 9. The summed E-state index contributed by atoms with van der Waals surface area (Å²) < 4.78 is 28.5. The summed E-state index contributed by atoms with van der Waals surface area (Å²) in [6, 6.07) is 6.68. The van der Waals surface area contributed by atoms with Gasteiger partial charge in [-0.15, -0.1) is 0 Å². The van der Waals surface area contributed by atoms with E-state index in [0.29, 0.717) is 0 Å². The Labute approximate surface area is 124 Å². The van der Waals surface area contributed by atoms with E-state index >= 15 is 0 Å². The fourth-order valence-corrected chi connectivity index (χ4v) is 2.19. The average Bonchev–Trinajstić information content (AvgIpc) is 3.28. The zero-order valence-electron chi connectivity index (χ0n) is 12.3. The second-order valence-corrected chi connectivity index (χ2v) is 6.07. The number of hydrogen-bond donors (Lipinski definition) is 2. The molecule has 0 radical (unpaired) electrons. The van der Waals surface area contributed by atoms with Crippen LogP contribution in [-0.4, -0.2) is 30.4 Å². The van der Waals surface area contributed by atoms with E-state index in [1.807, 2.05) is 6.92 Å². The van der Waals surface area contributed by atoms with Crippen molar-refractivity contribution in [2.24, 2.45) is 5.92 Å². The summed E-state index contributed by atoms with van der Waals surface area (Å²) in [6.45, 7) is 0.272. The SMILES string of the molecule is CC(CO)(CCc1ccc(OC(F)F)cc1)NCC1CC1. The summed E-state index contributed by atoms with van der Waals surface area (Å²) in [6.07, 6.45) is 4.13. The molecule has 1 atom stereocenters. The quantitative estimate of drug-likeness (QED) is 0.736. The highest BCUT2D eigenvalue weighted by atomic mass is 19.3. The van der Waals surface area contributed by atoms with Gasteiger partial charge in [0, 0.05) is 5.54 Å². The summed E-state index contributed by atoms with van der Waals surface area (Å²) in [5, 5.41) is 13.0. The van der Waals surface area contributed by atoms with Gasteiger partial charge in [-0.1, -0.05) is 12.1 Å². The third kappa shape index (κ3) is 5.59. The minimum atomic E-state index is -2.79. The van der Waals surface area contributed by atoms with Crippen LogP contribution in [0.15, 0.2) is 24.3 Å². The van der Waals surface area contributed by atoms with E-state index in [9.17, 15) is 13.9 Å². The Bertz CT molecular complexity index is 434. The summed E-state index contributed by atoms with van der Waals surface area (Å²) in [5.41, 5.74) is 0.755. The van der Waals surface area contributed by atoms with E-state index in [4.69, 9.17) is 0 Å². The molecular weight excluding hydrogens is 276 g/mol. The topological polar surface area (TPSA) is 41.5 Å². The van der Waals surface area contributed by atoms with Gasteiger partial charge >= 0.3 is 6.61 Å². The van der Waals surface area contributed by atoms with Gasteiger partial charge in [0.1, 0.15) is 5.75 Å². The molecule has 0 heterocycles. The lowest BCUT2D eigenvalue weighted by Crippen LogP contribution is -2.47. The minimum Gasteiger partial charge on any atom is -0.435 e.